The summed E-state index contributed by atoms with van der Waals surface area (Å²) in [4.78, 5) is 36.0. The molecule has 0 fully saturated rings. The topological polar surface area (TPSA) is 175 Å². The van der Waals surface area contributed by atoms with Gasteiger partial charge in [0.25, 0.3) is 0 Å². The number of ether oxygens (including phenoxy) is 6. The van der Waals surface area contributed by atoms with E-state index in [1.54, 1.807) is 44.2 Å². The highest BCUT2D eigenvalue weighted by Gasteiger charge is 2.32. The van der Waals surface area contributed by atoms with Crippen molar-refractivity contribution in [3.8, 4) is 23.0 Å². The predicted molar refractivity (Wildman–Crippen MR) is 162 cm³/mol. The first-order valence-electron chi connectivity index (χ1n) is 13.5. The lowest BCUT2D eigenvalue weighted by atomic mass is 9.95. The van der Waals surface area contributed by atoms with E-state index in [9.17, 15) is 19.5 Å². The van der Waals surface area contributed by atoms with Gasteiger partial charge in [-0.1, -0.05) is 6.07 Å². The van der Waals surface area contributed by atoms with Gasteiger partial charge >= 0.3 is 18.0 Å². The van der Waals surface area contributed by atoms with E-state index in [4.69, 9.17) is 23.7 Å². The molecule has 1 aliphatic rings. The van der Waals surface area contributed by atoms with Gasteiger partial charge < -0.3 is 44.2 Å². The highest BCUT2D eigenvalue weighted by atomic mass is 79.9. The summed E-state index contributed by atoms with van der Waals surface area (Å²) < 4.78 is 32.7. The number of aliphatic hydroxyl groups is 1. The van der Waals surface area contributed by atoms with Crippen molar-refractivity contribution in [1.82, 2.24) is 16.1 Å². The fourth-order valence-corrected chi connectivity index (χ4v) is 4.65. The minimum absolute atomic E-state index is 0.193. The minimum atomic E-state index is -1.20. The summed E-state index contributed by atoms with van der Waals surface area (Å²) in [5, 5.41) is 19.8. The first-order chi connectivity index (χ1) is 21.1. The molecular weight excluding hydrogens is 644 g/mol. The number of carbonyl (C=O) groups is 3. The number of urea groups is 1. The quantitative estimate of drug-likeness (QED) is 0.0943. The van der Waals surface area contributed by atoms with Gasteiger partial charge in [-0.15, -0.1) is 0 Å². The summed E-state index contributed by atoms with van der Waals surface area (Å²) in [6.45, 7) is 5.41. The molecule has 0 aromatic heterocycles. The number of hydrazone groups is 1. The molecule has 2 aromatic carbocycles. The molecule has 0 unspecified atom stereocenters. The number of aliphatic hydroxyl groups excluding tert-OH is 1. The Kier molecular flexibility index (Phi) is 12.7. The Morgan fingerprint density at radius 2 is 1.77 bits per heavy atom. The lowest BCUT2D eigenvalue weighted by Gasteiger charge is -2.28. The summed E-state index contributed by atoms with van der Waals surface area (Å²) >= 11 is 3.41. The van der Waals surface area contributed by atoms with Crippen molar-refractivity contribution in [3.63, 3.8) is 0 Å². The Morgan fingerprint density at radius 3 is 2.45 bits per heavy atom. The van der Waals surface area contributed by atoms with Crippen LogP contribution in [0.2, 0.25) is 0 Å². The smallest absolute Gasteiger partial charge is 0.343 e. The number of rotatable bonds is 15. The number of hydrogen-bond acceptors (Lipinski definition) is 12. The number of nitrogens with zero attached hydrogens (tertiary/aromatic N) is 1. The van der Waals surface area contributed by atoms with E-state index in [0.717, 1.165) is 0 Å². The molecule has 0 spiro atoms. The van der Waals surface area contributed by atoms with E-state index in [1.165, 1.54) is 20.4 Å². The van der Waals surface area contributed by atoms with Crippen LogP contribution in [0, 0.1) is 0 Å². The van der Waals surface area contributed by atoms with Gasteiger partial charge in [-0.2, -0.15) is 5.10 Å². The van der Waals surface area contributed by atoms with Gasteiger partial charge in [0.05, 0.1) is 49.7 Å². The summed E-state index contributed by atoms with van der Waals surface area (Å²) in [5.41, 5.74) is 4.39. The summed E-state index contributed by atoms with van der Waals surface area (Å²) in [6, 6.07) is 7.07. The van der Waals surface area contributed by atoms with Crippen molar-refractivity contribution < 1.29 is 47.9 Å². The van der Waals surface area contributed by atoms with Crippen molar-refractivity contribution in [1.29, 1.82) is 0 Å². The normalized spacial score (nSPS) is 15.2. The number of methoxy groups -OCH3 is 2. The average molecular weight is 680 g/mol. The van der Waals surface area contributed by atoms with E-state index in [2.05, 4.69) is 41.8 Å². The second kappa shape index (κ2) is 16.4. The van der Waals surface area contributed by atoms with Crippen LogP contribution in [0.4, 0.5) is 4.79 Å². The maximum absolute atomic E-state index is 12.4. The SMILES string of the molecule is CCOc1cc([C@H]2NC(=O)NC(C)=C2C(=O)OC)ccc1OC[C@H](O)N/N=C\c1cc(Br)c(OCC(=O)OC)c(OCC)c1. The zero-order valence-electron chi connectivity index (χ0n) is 24.9. The molecule has 2 atom stereocenters. The van der Waals surface area contributed by atoms with Crippen molar-refractivity contribution in [3.05, 3.63) is 57.2 Å². The van der Waals surface area contributed by atoms with E-state index < -0.39 is 30.2 Å². The van der Waals surface area contributed by atoms with Crippen molar-refractivity contribution in [2.45, 2.75) is 33.0 Å². The third kappa shape index (κ3) is 9.00. The fraction of sp³-hybridized carbons (Fsp3) is 0.379. The Labute approximate surface area is 262 Å². The lowest BCUT2D eigenvalue weighted by molar-refractivity contribution is -0.143. The highest BCUT2D eigenvalue weighted by molar-refractivity contribution is 9.10. The number of benzene rings is 2. The van der Waals surface area contributed by atoms with Gasteiger partial charge in [-0.3, -0.25) is 5.43 Å². The van der Waals surface area contributed by atoms with Gasteiger partial charge in [0.1, 0.15) is 6.61 Å². The van der Waals surface area contributed by atoms with Crippen molar-refractivity contribution in [2.24, 2.45) is 5.10 Å². The first kappa shape index (κ1) is 34.0. The molecule has 3 rings (SSSR count). The number of hydrogen-bond donors (Lipinski definition) is 4. The van der Waals surface area contributed by atoms with Crippen LogP contribution in [0.15, 0.2) is 51.2 Å². The third-order valence-corrected chi connectivity index (χ3v) is 6.59. The number of esters is 2. The zero-order valence-corrected chi connectivity index (χ0v) is 26.5. The molecule has 0 saturated heterocycles. The largest absolute Gasteiger partial charge is 0.490 e. The first-order valence-corrected chi connectivity index (χ1v) is 14.3. The third-order valence-electron chi connectivity index (χ3n) is 6.00. The number of amides is 2. The molecule has 2 aromatic rings. The van der Waals surface area contributed by atoms with Gasteiger partial charge in [0.15, 0.2) is 35.8 Å². The number of allylic oxidation sites excluding steroid dienone is 1. The molecule has 0 aliphatic carbocycles. The molecule has 1 aliphatic heterocycles. The van der Waals surface area contributed by atoms with Crippen molar-refractivity contribution in [2.75, 3.05) is 40.6 Å². The zero-order chi connectivity index (χ0) is 32.2. The molecule has 2 amide bonds. The second-order valence-electron chi connectivity index (χ2n) is 9.04. The van der Waals surface area contributed by atoms with E-state index in [-0.39, 0.29) is 18.8 Å². The Bertz CT molecular complexity index is 1410. The average Bonchev–Trinajstić information content (AvgIpc) is 2.99. The fourth-order valence-electron chi connectivity index (χ4n) is 4.08. The molecule has 15 heteroatoms. The van der Waals surface area contributed by atoms with Crippen LogP contribution < -0.4 is 35.0 Å². The monoisotopic (exact) mass is 678 g/mol. The predicted octanol–water partition coefficient (Wildman–Crippen LogP) is 2.92. The van der Waals surface area contributed by atoms with Crippen molar-refractivity contribution >= 4 is 40.1 Å². The Morgan fingerprint density at radius 1 is 1.05 bits per heavy atom. The van der Waals surface area contributed by atoms with Crippen LogP contribution in [-0.4, -0.2) is 76.2 Å². The lowest BCUT2D eigenvalue weighted by Crippen LogP contribution is -2.45. The Balaban J connectivity index is 1.68. The van der Waals surface area contributed by atoms with Gasteiger partial charge in [0.2, 0.25) is 0 Å². The Hall–Kier alpha value is -4.50. The van der Waals surface area contributed by atoms with Crippen LogP contribution in [-0.2, 0) is 19.1 Å². The molecule has 1 heterocycles. The van der Waals surface area contributed by atoms with Crippen LogP contribution in [0.5, 0.6) is 23.0 Å². The van der Waals surface area contributed by atoms with E-state index in [1.807, 2.05) is 6.92 Å². The molecule has 238 valence electrons. The molecule has 0 saturated carbocycles. The van der Waals surface area contributed by atoms with E-state index >= 15 is 0 Å². The van der Waals surface area contributed by atoms with Crippen LogP contribution in [0.3, 0.4) is 0 Å². The second-order valence-corrected chi connectivity index (χ2v) is 9.90. The highest BCUT2D eigenvalue weighted by Crippen LogP contribution is 2.37. The number of nitrogens with one attached hydrogen (secondary N) is 3. The molecule has 44 heavy (non-hydrogen) atoms. The molecule has 0 bridgehead atoms. The summed E-state index contributed by atoms with van der Waals surface area (Å²) in [7, 11) is 2.53. The van der Waals surface area contributed by atoms with Gasteiger partial charge in [0, 0.05) is 5.70 Å². The van der Waals surface area contributed by atoms with E-state index in [0.29, 0.717) is 57.5 Å². The van der Waals surface area contributed by atoms with Crippen LogP contribution in [0.25, 0.3) is 0 Å². The molecule has 14 nitrogen and oxygen atoms in total. The van der Waals surface area contributed by atoms with Crippen LogP contribution in [0.1, 0.15) is 37.9 Å². The molecular formula is C29H35BrN4O10. The summed E-state index contributed by atoms with van der Waals surface area (Å²) in [6.07, 6.45) is 0.265. The number of carbonyl (C=O) groups excluding carboxylic acids is 3. The molecule has 4 N–H and O–H groups in total. The minimum Gasteiger partial charge on any atom is -0.490 e. The van der Waals surface area contributed by atoms with Crippen LogP contribution >= 0.6 is 15.9 Å². The summed E-state index contributed by atoms with van der Waals surface area (Å²) in [5.74, 6) is 0.271. The maximum atomic E-state index is 12.4. The number of halogens is 1. The van der Waals surface area contributed by atoms with Gasteiger partial charge in [-0.25, -0.2) is 14.4 Å². The standard InChI is InChI=1S/C29H35BrN4O10/c1-6-41-21-12-18(26-25(28(37)40-5)16(3)32-29(38)33-26)8-9-20(21)43-14-23(35)34-31-13-17-10-19(30)27(22(11-17)42-7-2)44-15-24(36)39-4/h8-13,23,26,34-35H,6-7,14-15H2,1-5H3,(H2,32,33,38)/b31-13-/t23-,26+/m0/s1. The maximum Gasteiger partial charge on any atom is 0.343 e. The molecule has 0 radical (unpaired) electrons. The van der Waals surface area contributed by atoms with Gasteiger partial charge in [-0.05, 0) is 72.1 Å².